The van der Waals surface area contributed by atoms with Crippen LogP contribution >= 0.6 is 0 Å². The number of hydrogen-bond acceptors (Lipinski definition) is 8. The molecule has 0 bridgehead atoms. The van der Waals surface area contributed by atoms with Crippen molar-refractivity contribution in [2.24, 2.45) is 0 Å². The van der Waals surface area contributed by atoms with E-state index >= 15 is 0 Å². The van der Waals surface area contributed by atoms with E-state index in [0.29, 0.717) is 30.8 Å². The Hall–Kier alpha value is -2.60. The summed E-state index contributed by atoms with van der Waals surface area (Å²) >= 11 is 0. The van der Waals surface area contributed by atoms with Crippen LogP contribution in [-0.2, 0) is 4.74 Å². The van der Waals surface area contributed by atoms with Gasteiger partial charge in [0.25, 0.3) is 0 Å². The molecule has 1 amide bonds. The Labute approximate surface area is 191 Å². The molecule has 2 aliphatic rings. The van der Waals surface area contributed by atoms with Crippen LogP contribution in [0.2, 0.25) is 0 Å². The van der Waals surface area contributed by atoms with E-state index in [1.807, 2.05) is 47.6 Å². The summed E-state index contributed by atoms with van der Waals surface area (Å²) in [6.45, 7) is 13.9. The van der Waals surface area contributed by atoms with Crippen molar-refractivity contribution in [1.82, 2.24) is 19.8 Å². The molecule has 32 heavy (non-hydrogen) atoms. The predicted molar refractivity (Wildman–Crippen MR) is 122 cm³/mol. The molecular formula is C23H36N6O3. The van der Waals surface area contributed by atoms with Crippen LogP contribution in [0, 0.1) is 11.3 Å². The molecule has 0 aliphatic carbocycles. The van der Waals surface area contributed by atoms with Crippen molar-refractivity contribution in [3.8, 4) is 11.9 Å². The van der Waals surface area contributed by atoms with Crippen molar-refractivity contribution in [2.45, 2.75) is 84.2 Å². The molecule has 2 aliphatic heterocycles. The van der Waals surface area contributed by atoms with E-state index in [0.717, 1.165) is 19.4 Å². The van der Waals surface area contributed by atoms with Crippen molar-refractivity contribution in [3.05, 3.63) is 11.9 Å². The van der Waals surface area contributed by atoms with Gasteiger partial charge < -0.3 is 14.4 Å². The SMILES string of the molecule is C[C@H](Oc1cc(N2C[C@@H](C)N(C(=O)OC(C)(C)C)[C@@H](C)C2)nc(C#N)n1)[C@@H]1CCCN1C. The van der Waals surface area contributed by atoms with Crippen molar-refractivity contribution in [2.75, 3.05) is 31.6 Å². The van der Waals surface area contributed by atoms with Gasteiger partial charge in [0.15, 0.2) is 0 Å². The molecule has 9 heteroatoms. The zero-order valence-electron chi connectivity index (χ0n) is 20.3. The fraction of sp³-hybridized carbons (Fsp3) is 0.739. The van der Waals surface area contributed by atoms with E-state index in [1.165, 1.54) is 0 Å². The Morgan fingerprint density at radius 1 is 1.25 bits per heavy atom. The number of nitriles is 1. The van der Waals surface area contributed by atoms with Crippen molar-refractivity contribution >= 4 is 11.9 Å². The number of aromatic nitrogens is 2. The molecule has 3 rings (SSSR count). The van der Waals surface area contributed by atoms with Gasteiger partial charge in [-0.1, -0.05) is 0 Å². The average Bonchev–Trinajstić information content (AvgIpc) is 3.11. The minimum absolute atomic E-state index is 0.0429. The summed E-state index contributed by atoms with van der Waals surface area (Å²) < 4.78 is 11.7. The fourth-order valence-corrected chi connectivity index (χ4v) is 4.67. The Balaban J connectivity index is 1.76. The summed E-state index contributed by atoms with van der Waals surface area (Å²) in [5, 5.41) is 9.47. The molecular weight excluding hydrogens is 408 g/mol. The summed E-state index contributed by atoms with van der Waals surface area (Å²) in [4.78, 5) is 27.6. The van der Waals surface area contributed by atoms with Crippen LogP contribution in [-0.4, -0.2) is 82.4 Å². The molecule has 0 spiro atoms. The normalized spacial score (nSPS) is 25.4. The van der Waals surface area contributed by atoms with E-state index in [1.54, 1.807) is 11.0 Å². The molecule has 0 aromatic carbocycles. The number of likely N-dealkylation sites (tertiary alicyclic amines) is 1. The number of carbonyl (C=O) groups is 1. The Morgan fingerprint density at radius 3 is 2.44 bits per heavy atom. The lowest BCUT2D eigenvalue weighted by Gasteiger charge is -2.44. The number of anilines is 1. The number of ether oxygens (including phenoxy) is 2. The highest BCUT2D eigenvalue weighted by Crippen LogP contribution is 2.27. The third-order valence-electron chi connectivity index (χ3n) is 6.06. The van der Waals surface area contributed by atoms with Gasteiger partial charge in [-0.15, -0.1) is 0 Å². The standard InChI is InChI=1S/C23H36N6O3/c1-15-13-28(14-16(2)29(15)22(30)32-23(4,5)6)20-11-21(26-19(12-24)25-20)31-17(3)18-9-8-10-27(18)7/h11,15-18H,8-10,13-14H2,1-7H3/t15-,16+,17-,18-/m0/s1. The molecule has 0 radical (unpaired) electrons. The minimum atomic E-state index is -0.543. The first-order chi connectivity index (χ1) is 15.0. The molecule has 3 heterocycles. The number of amides is 1. The summed E-state index contributed by atoms with van der Waals surface area (Å²) in [6, 6.07) is 4.02. The highest BCUT2D eigenvalue weighted by atomic mass is 16.6. The van der Waals surface area contributed by atoms with Crippen LogP contribution < -0.4 is 9.64 Å². The Kier molecular flexibility index (Phi) is 7.13. The molecule has 1 aromatic rings. The maximum absolute atomic E-state index is 12.7. The van der Waals surface area contributed by atoms with Crippen LogP contribution in [0.25, 0.3) is 0 Å². The van der Waals surface area contributed by atoms with E-state index in [4.69, 9.17) is 9.47 Å². The van der Waals surface area contributed by atoms with Gasteiger partial charge in [0, 0.05) is 25.2 Å². The van der Waals surface area contributed by atoms with Gasteiger partial charge in [-0.3, -0.25) is 9.80 Å². The van der Waals surface area contributed by atoms with Gasteiger partial charge in [0.1, 0.15) is 23.6 Å². The van der Waals surface area contributed by atoms with Gasteiger partial charge in [0.05, 0.1) is 12.1 Å². The number of piperazine rings is 1. The first-order valence-electron chi connectivity index (χ1n) is 11.4. The molecule has 1 aromatic heterocycles. The van der Waals surface area contributed by atoms with Crippen molar-refractivity contribution in [1.29, 1.82) is 5.26 Å². The number of rotatable bonds is 4. The smallest absolute Gasteiger partial charge is 0.410 e. The lowest BCUT2D eigenvalue weighted by atomic mass is 10.1. The highest BCUT2D eigenvalue weighted by molar-refractivity contribution is 5.69. The summed E-state index contributed by atoms with van der Waals surface area (Å²) in [5.74, 6) is 1.13. The van der Waals surface area contributed by atoms with Crippen molar-refractivity contribution in [3.63, 3.8) is 0 Å². The number of hydrogen-bond donors (Lipinski definition) is 0. The predicted octanol–water partition coefficient (Wildman–Crippen LogP) is 3.04. The van der Waals surface area contributed by atoms with Gasteiger partial charge in [-0.2, -0.15) is 10.2 Å². The molecule has 2 saturated heterocycles. The summed E-state index contributed by atoms with van der Waals surface area (Å²) in [7, 11) is 2.11. The maximum Gasteiger partial charge on any atom is 0.410 e. The monoisotopic (exact) mass is 444 g/mol. The number of carbonyl (C=O) groups excluding carboxylic acids is 1. The van der Waals surface area contributed by atoms with Crippen LogP contribution in [0.1, 0.15) is 60.2 Å². The molecule has 0 N–H and O–H groups in total. The second-order valence-electron chi connectivity index (χ2n) is 10.0. The van der Waals surface area contributed by atoms with E-state index < -0.39 is 5.60 Å². The summed E-state index contributed by atoms with van der Waals surface area (Å²) in [6.07, 6.45) is 1.89. The van der Waals surface area contributed by atoms with Crippen LogP contribution in [0.4, 0.5) is 10.6 Å². The molecule has 0 saturated carbocycles. The van der Waals surface area contributed by atoms with Crippen molar-refractivity contribution < 1.29 is 14.3 Å². The number of likely N-dealkylation sites (N-methyl/N-ethyl adjacent to an activating group) is 1. The third-order valence-corrected chi connectivity index (χ3v) is 6.06. The van der Waals surface area contributed by atoms with E-state index in [2.05, 4.69) is 26.8 Å². The van der Waals surface area contributed by atoms with Gasteiger partial charge in [0.2, 0.25) is 11.7 Å². The largest absolute Gasteiger partial charge is 0.473 e. The van der Waals surface area contributed by atoms with E-state index in [-0.39, 0.29) is 30.1 Å². The second-order valence-corrected chi connectivity index (χ2v) is 10.0. The molecule has 4 atom stereocenters. The molecule has 2 fully saturated rings. The molecule has 0 unspecified atom stereocenters. The first-order valence-corrected chi connectivity index (χ1v) is 11.4. The Morgan fingerprint density at radius 2 is 1.91 bits per heavy atom. The van der Waals surface area contributed by atoms with Gasteiger partial charge >= 0.3 is 6.09 Å². The van der Waals surface area contributed by atoms with Crippen LogP contribution in [0.15, 0.2) is 6.07 Å². The fourth-order valence-electron chi connectivity index (χ4n) is 4.67. The quantitative estimate of drug-likeness (QED) is 0.699. The topological polar surface area (TPSA) is 94.8 Å². The zero-order valence-corrected chi connectivity index (χ0v) is 20.3. The van der Waals surface area contributed by atoms with Gasteiger partial charge in [-0.25, -0.2) is 9.78 Å². The number of nitrogens with zero attached hydrogens (tertiary/aromatic N) is 6. The average molecular weight is 445 g/mol. The van der Waals surface area contributed by atoms with Gasteiger partial charge in [-0.05, 0) is 68.0 Å². The minimum Gasteiger partial charge on any atom is -0.473 e. The third kappa shape index (κ3) is 5.60. The second kappa shape index (κ2) is 9.49. The first kappa shape index (κ1) is 24.1. The zero-order chi connectivity index (χ0) is 23.6. The highest BCUT2D eigenvalue weighted by Gasteiger charge is 2.36. The van der Waals surface area contributed by atoms with Crippen LogP contribution in [0.3, 0.4) is 0 Å². The molecule has 176 valence electrons. The Bertz CT molecular complexity index is 852. The van der Waals surface area contributed by atoms with Crippen LogP contribution in [0.5, 0.6) is 5.88 Å². The lowest BCUT2D eigenvalue weighted by molar-refractivity contribution is 0.00558. The maximum atomic E-state index is 12.7. The lowest BCUT2D eigenvalue weighted by Crippen LogP contribution is -2.59. The summed E-state index contributed by atoms with van der Waals surface area (Å²) in [5.41, 5.74) is -0.543. The van der Waals surface area contributed by atoms with E-state index in [9.17, 15) is 10.1 Å². The molecule has 9 nitrogen and oxygen atoms in total.